The smallest absolute Gasteiger partial charge is 0.321 e. The van der Waals surface area contributed by atoms with E-state index in [-0.39, 0.29) is 6.03 Å². The Morgan fingerprint density at radius 3 is 2.83 bits per heavy atom. The third kappa shape index (κ3) is 3.66. The van der Waals surface area contributed by atoms with Crippen molar-refractivity contribution in [2.45, 2.75) is 6.54 Å². The third-order valence-corrected chi connectivity index (χ3v) is 3.31. The van der Waals surface area contributed by atoms with Gasteiger partial charge in [-0.3, -0.25) is 10.3 Å². The Kier molecular flexibility index (Phi) is 4.46. The zero-order valence-electron chi connectivity index (χ0n) is 10.1. The minimum atomic E-state index is -0.223. The fourth-order valence-corrected chi connectivity index (χ4v) is 2.20. The summed E-state index contributed by atoms with van der Waals surface area (Å²) in [6.45, 7) is 1.26. The molecule has 0 aliphatic carbocycles. The van der Waals surface area contributed by atoms with Gasteiger partial charge in [0.15, 0.2) is 5.17 Å². The Bertz CT molecular complexity index is 445. The molecule has 0 atom stereocenters. The van der Waals surface area contributed by atoms with E-state index in [2.05, 4.69) is 15.6 Å². The zero-order chi connectivity index (χ0) is 12.8. The van der Waals surface area contributed by atoms with E-state index in [0.717, 1.165) is 23.6 Å². The molecule has 2 amide bonds. The van der Waals surface area contributed by atoms with Gasteiger partial charge >= 0.3 is 6.03 Å². The summed E-state index contributed by atoms with van der Waals surface area (Å²) in [7, 11) is 1.63. The van der Waals surface area contributed by atoms with Gasteiger partial charge in [0.25, 0.3) is 0 Å². The molecule has 1 heterocycles. The molecule has 0 radical (unpaired) electrons. The van der Waals surface area contributed by atoms with Crippen molar-refractivity contribution < 1.29 is 9.53 Å². The quantitative estimate of drug-likeness (QED) is 0.872. The first kappa shape index (κ1) is 12.8. The molecule has 6 heteroatoms. The summed E-state index contributed by atoms with van der Waals surface area (Å²) in [5.74, 6) is 1.74. The first-order valence-corrected chi connectivity index (χ1v) is 6.61. The van der Waals surface area contributed by atoms with Gasteiger partial charge in [-0.25, -0.2) is 4.79 Å². The number of rotatable bonds is 3. The van der Waals surface area contributed by atoms with Gasteiger partial charge in [0.2, 0.25) is 0 Å². The number of nitrogens with one attached hydrogen (secondary N) is 2. The number of urea groups is 1. The lowest BCUT2D eigenvalue weighted by Crippen LogP contribution is -2.37. The Labute approximate surface area is 110 Å². The second-order valence-corrected chi connectivity index (χ2v) is 4.77. The molecular formula is C12H15N3O2S. The van der Waals surface area contributed by atoms with E-state index in [1.54, 1.807) is 18.9 Å². The van der Waals surface area contributed by atoms with Crippen LogP contribution in [0.4, 0.5) is 4.79 Å². The van der Waals surface area contributed by atoms with Crippen molar-refractivity contribution in [1.82, 2.24) is 10.6 Å². The van der Waals surface area contributed by atoms with E-state index >= 15 is 0 Å². The van der Waals surface area contributed by atoms with Crippen LogP contribution < -0.4 is 15.4 Å². The van der Waals surface area contributed by atoms with E-state index < -0.39 is 0 Å². The van der Waals surface area contributed by atoms with Crippen molar-refractivity contribution in [2.24, 2.45) is 4.99 Å². The molecule has 5 nitrogen and oxygen atoms in total. The number of ether oxygens (including phenoxy) is 1. The van der Waals surface area contributed by atoms with Gasteiger partial charge in [0.05, 0.1) is 13.7 Å². The predicted octanol–water partition coefficient (Wildman–Crippen LogP) is 1.60. The summed E-state index contributed by atoms with van der Waals surface area (Å²) < 4.78 is 5.07. The average Bonchev–Trinajstić information content (AvgIpc) is 2.90. The van der Waals surface area contributed by atoms with Crippen LogP contribution in [-0.4, -0.2) is 30.6 Å². The van der Waals surface area contributed by atoms with Crippen LogP contribution in [0.5, 0.6) is 5.75 Å². The Morgan fingerprint density at radius 2 is 2.22 bits per heavy atom. The average molecular weight is 265 g/mol. The second-order valence-electron chi connectivity index (χ2n) is 3.69. The summed E-state index contributed by atoms with van der Waals surface area (Å²) >= 11 is 1.56. The van der Waals surface area contributed by atoms with Crippen LogP contribution in [0.2, 0.25) is 0 Å². The normalized spacial score (nSPS) is 13.9. The SMILES string of the molecule is COc1ccc(CNC(=O)NC2=NCCS2)cc1. The van der Waals surface area contributed by atoms with Crippen LogP contribution in [0.3, 0.4) is 0 Å². The maximum atomic E-state index is 11.6. The Morgan fingerprint density at radius 1 is 1.44 bits per heavy atom. The van der Waals surface area contributed by atoms with Gasteiger partial charge in [-0.1, -0.05) is 23.9 Å². The molecular weight excluding hydrogens is 250 g/mol. The van der Waals surface area contributed by atoms with Crippen molar-refractivity contribution >= 4 is 23.0 Å². The predicted molar refractivity (Wildman–Crippen MR) is 73.1 cm³/mol. The van der Waals surface area contributed by atoms with Crippen LogP contribution in [0.15, 0.2) is 29.3 Å². The van der Waals surface area contributed by atoms with Crippen LogP contribution in [0, 0.1) is 0 Å². The van der Waals surface area contributed by atoms with E-state index in [0.29, 0.717) is 11.7 Å². The lowest BCUT2D eigenvalue weighted by molar-refractivity contribution is 0.245. The van der Waals surface area contributed by atoms with Crippen LogP contribution in [-0.2, 0) is 6.54 Å². The Balaban J connectivity index is 1.77. The number of carbonyl (C=O) groups excluding carboxylic acids is 1. The van der Waals surface area contributed by atoms with E-state index in [4.69, 9.17) is 4.74 Å². The molecule has 1 aromatic rings. The standard InChI is InChI=1S/C12H15N3O2S/c1-17-10-4-2-9(3-5-10)8-14-11(16)15-12-13-6-7-18-12/h2-5H,6-8H2,1H3,(H2,13,14,15,16). The fraction of sp³-hybridized carbons (Fsp3) is 0.333. The highest BCUT2D eigenvalue weighted by molar-refractivity contribution is 8.14. The number of methoxy groups -OCH3 is 1. The van der Waals surface area contributed by atoms with Gasteiger partial charge in [-0.2, -0.15) is 0 Å². The van der Waals surface area contributed by atoms with Gasteiger partial charge in [-0.05, 0) is 17.7 Å². The highest BCUT2D eigenvalue weighted by Crippen LogP contribution is 2.11. The van der Waals surface area contributed by atoms with Crippen molar-refractivity contribution in [1.29, 1.82) is 0 Å². The van der Waals surface area contributed by atoms with Crippen molar-refractivity contribution in [3.05, 3.63) is 29.8 Å². The monoisotopic (exact) mass is 265 g/mol. The molecule has 0 aromatic heterocycles. The molecule has 1 aliphatic heterocycles. The van der Waals surface area contributed by atoms with Crippen LogP contribution in [0.1, 0.15) is 5.56 Å². The van der Waals surface area contributed by atoms with E-state index in [1.165, 1.54) is 0 Å². The van der Waals surface area contributed by atoms with Gasteiger partial charge < -0.3 is 10.1 Å². The third-order valence-electron chi connectivity index (χ3n) is 2.42. The van der Waals surface area contributed by atoms with E-state index in [9.17, 15) is 4.79 Å². The van der Waals surface area contributed by atoms with Gasteiger partial charge in [-0.15, -0.1) is 0 Å². The largest absolute Gasteiger partial charge is 0.497 e. The lowest BCUT2D eigenvalue weighted by Gasteiger charge is -2.07. The summed E-state index contributed by atoms with van der Waals surface area (Å²) in [5.41, 5.74) is 1.02. The van der Waals surface area contributed by atoms with Crippen molar-refractivity contribution in [3.8, 4) is 5.75 Å². The van der Waals surface area contributed by atoms with Crippen LogP contribution in [0.25, 0.3) is 0 Å². The summed E-state index contributed by atoms with van der Waals surface area (Å²) in [5, 5.41) is 6.18. The number of hydrogen-bond donors (Lipinski definition) is 2. The Hall–Kier alpha value is -1.69. The molecule has 96 valence electrons. The molecule has 1 aromatic carbocycles. The lowest BCUT2D eigenvalue weighted by atomic mass is 10.2. The highest BCUT2D eigenvalue weighted by atomic mass is 32.2. The number of thioether (sulfide) groups is 1. The minimum absolute atomic E-state index is 0.223. The molecule has 0 saturated carbocycles. The number of carbonyl (C=O) groups is 1. The zero-order valence-corrected chi connectivity index (χ0v) is 10.9. The first-order valence-electron chi connectivity index (χ1n) is 5.63. The maximum absolute atomic E-state index is 11.6. The number of aliphatic imine (C=N–C) groups is 1. The summed E-state index contributed by atoms with van der Waals surface area (Å²) in [6.07, 6.45) is 0. The van der Waals surface area contributed by atoms with Crippen LogP contribution >= 0.6 is 11.8 Å². The topological polar surface area (TPSA) is 62.7 Å². The summed E-state index contributed by atoms with van der Waals surface area (Å²) in [4.78, 5) is 15.7. The van der Waals surface area contributed by atoms with Crippen molar-refractivity contribution in [2.75, 3.05) is 19.4 Å². The van der Waals surface area contributed by atoms with Gasteiger partial charge in [0.1, 0.15) is 5.75 Å². The maximum Gasteiger partial charge on any atom is 0.321 e. The fourth-order valence-electron chi connectivity index (χ4n) is 1.48. The number of amides is 2. The molecule has 2 rings (SSSR count). The molecule has 0 bridgehead atoms. The summed E-state index contributed by atoms with van der Waals surface area (Å²) in [6, 6.07) is 7.35. The number of amidine groups is 1. The number of benzene rings is 1. The number of hydrogen-bond acceptors (Lipinski definition) is 4. The van der Waals surface area contributed by atoms with Crippen molar-refractivity contribution in [3.63, 3.8) is 0 Å². The molecule has 0 fully saturated rings. The first-order chi connectivity index (χ1) is 8.78. The molecule has 18 heavy (non-hydrogen) atoms. The second kappa shape index (κ2) is 6.30. The van der Waals surface area contributed by atoms with Gasteiger partial charge in [0, 0.05) is 12.3 Å². The van der Waals surface area contributed by atoms with E-state index in [1.807, 2.05) is 24.3 Å². The molecule has 0 saturated heterocycles. The molecule has 0 unspecified atom stereocenters. The molecule has 2 N–H and O–H groups in total. The molecule has 0 spiro atoms. The highest BCUT2D eigenvalue weighted by Gasteiger charge is 2.10. The molecule has 1 aliphatic rings. The number of nitrogens with zero attached hydrogens (tertiary/aromatic N) is 1. The minimum Gasteiger partial charge on any atom is -0.497 e.